The van der Waals surface area contributed by atoms with Crippen LogP contribution in [0.2, 0.25) is 0 Å². The number of thiazole rings is 1. The van der Waals surface area contributed by atoms with E-state index in [1.54, 1.807) is 17.5 Å². The number of anilines is 1. The number of pyridine rings is 1. The first kappa shape index (κ1) is 23.1. The number of rotatable bonds is 7. The van der Waals surface area contributed by atoms with Crippen LogP contribution in [0.4, 0.5) is 5.95 Å². The maximum absolute atomic E-state index is 12.2. The van der Waals surface area contributed by atoms with Gasteiger partial charge in [-0.05, 0) is 63.3 Å². The molecule has 3 aromatic rings. The molecule has 0 amide bonds. The van der Waals surface area contributed by atoms with Gasteiger partial charge in [-0.1, -0.05) is 11.3 Å². The van der Waals surface area contributed by atoms with Crippen LogP contribution < -0.4 is 5.32 Å². The molecule has 9 nitrogen and oxygen atoms in total. The Kier molecular flexibility index (Phi) is 6.98. The molecule has 1 aliphatic carbocycles. The van der Waals surface area contributed by atoms with Crippen molar-refractivity contribution in [3.8, 4) is 0 Å². The second-order valence-electron chi connectivity index (χ2n) is 9.09. The van der Waals surface area contributed by atoms with E-state index in [4.69, 9.17) is 19.7 Å². The van der Waals surface area contributed by atoms with E-state index in [1.165, 1.54) is 7.11 Å². The second-order valence-corrected chi connectivity index (χ2v) is 10.1. The molecule has 5 rings (SSSR count). The molecule has 180 valence electrons. The zero-order chi connectivity index (χ0) is 23.5. The minimum Gasteiger partial charge on any atom is -0.468 e. The van der Waals surface area contributed by atoms with Crippen molar-refractivity contribution in [1.82, 2.24) is 24.8 Å². The molecule has 4 heterocycles. The fraction of sp³-hybridized carbons (Fsp3) is 0.542. The third-order valence-corrected chi connectivity index (χ3v) is 7.59. The number of methoxy groups -OCH3 is 1. The highest BCUT2D eigenvalue weighted by Gasteiger charge is 2.32. The third kappa shape index (κ3) is 5.34. The van der Waals surface area contributed by atoms with Gasteiger partial charge in [0.25, 0.3) is 0 Å². The molecule has 3 aromatic heterocycles. The largest absolute Gasteiger partial charge is 0.468 e. The Morgan fingerprint density at radius 2 is 2.03 bits per heavy atom. The van der Waals surface area contributed by atoms with E-state index in [0.29, 0.717) is 18.9 Å². The van der Waals surface area contributed by atoms with Crippen molar-refractivity contribution in [2.45, 2.75) is 69.7 Å². The molecule has 2 N–H and O–H groups in total. The molecule has 10 heteroatoms. The lowest BCUT2D eigenvalue weighted by atomic mass is 9.93. The maximum atomic E-state index is 12.2. The van der Waals surface area contributed by atoms with E-state index in [2.05, 4.69) is 15.2 Å². The summed E-state index contributed by atoms with van der Waals surface area (Å²) >= 11 is 1.58. The average molecular weight is 483 g/mol. The van der Waals surface area contributed by atoms with Crippen molar-refractivity contribution in [3.05, 3.63) is 40.8 Å². The Morgan fingerprint density at radius 3 is 2.82 bits per heavy atom. The Balaban J connectivity index is 1.39. The van der Waals surface area contributed by atoms with Gasteiger partial charge < -0.3 is 15.2 Å². The highest BCUT2D eigenvalue weighted by Crippen LogP contribution is 2.25. The summed E-state index contributed by atoms with van der Waals surface area (Å²) in [6, 6.07) is 5.90. The third-order valence-electron chi connectivity index (χ3n) is 6.61. The highest BCUT2D eigenvalue weighted by atomic mass is 32.1. The number of esters is 1. The normalized spacial score (nSPS) is 23.3. The van der Waals surface area contributed by atoms with Gasteiger partial charge in [0, 0.05) is 25.2 Å². The van der Waals surface area contributed by atoms with Gasteiger partial charge in [-0.3, -0.25) is 9.69 Å². The SMILES string of the molecule is COC(=O)[C@@H]1CCCN1Cc1cc(Cc2nc3cccnc3s2)nc(NC2CCC(O)CC2)n1. The fourth-order valence-corrected chi connectivity index (χ4v) is 5.78. The molecule has 2 aliphatic rings. The first-order chi connectivity index (χ1) is 16.6. The van der Waals surface area contributed by atoms with E-state index in [0.717, 1.165) is 71.8 Å². The predicted octanol–water partition coefficient (Wildman–Crippen LogP) is 2.92. The lowest BCUT2D eigenvalue weighted by Gasteiger charge is -2.27. The summed E-state index contributed by atoms with van der Waals surface area (Å²) in [5.41, 5.74) is 2.66. The number of hydrogen-bond acceptors (Lipinski definition) is 10. The zero-order valence-electron chi connectivity index (χ0n) is 19.3. The molecule has 1 atom stereocenters. The van der Waals surface area contributed by atoms with Gasteiger partial charge >= 0.3 is 5.97 Å². The molecule has 1 aliphatic heterocycles. The highest BCUT2D eigenvalue weighted by molar-refractivity contribution is 7.18. The number of nitrogens with zero attached hydrogens (tertiary/aromatic N) is 5. The van der Waals surface area contributed by atoms with Crippen LogP contribution in [0.25, 0.3) is 10.3 Å². The summed E-state index contributed by atoms with van der Waals surface area (Å²) in [4.78, 5) is 34.0. The number of aromatic nitrogens is 4. The van der Waals surface area contributed by atoms with Crippen LogP contribution in [0.15, 0.2) is 24.4 Å². The topological polar surface area (TPSA) is 113 Å². The number of likely N-dealkylation sites (tertiary alicyclic amines) is 1. The fourth-order valence-electron chi connectivity index (χ4n) is 4.86. The molecule has 34 heavy (non-hydrogen) atoms. The summed E-state index contributed by atoms with van der Waals surface area (Å²) < 4.78 is 5.01. The molecule has 0 unspecified atom stereocenters. The van der Waals surface area contributed by atoms with Gasteiger partial charge in [0.1, 0.15) is 21.4 Å². The van der Waals surface area contributed by atoms with E-state index in [1.807, 2.05) is 18.2 Å². The minimum atomic E-state index is -0.227. The van der Waals surface area contributed by atoms with Crippen molar-refractivity contribution >= 4 is 33.6 Å². The first-order valence-electron chi connectivity index (χ1n) is 11.9. The number of ether oxygens (including phenoxy) is 1. The van der Waals surface area contributed by atoms with E-state index < -0.39 is 0 Å². The summed E-state index contributed by atoms with van der Waals surface area (Å²) in [6.07, 6.45) is 7.30. The van der Waals surface area contributed by atoms with Gasteiger partial charge in [0.15, 0.2) is 0 Å². The van der Waals surface area contributed by atoms with Crippen molar-refractivity contribution in [2.24, 2.45) is 0 Å². The number of aliphatic hydroxyl groups is 1. The number of aliphatic hydroxyl groups excluding tert-OH is 1. The molecule has 0 spiro atoms. The van der Waals surface area contributed by atoms with Crippen LogP contribution in [0.3, 0.4) is 0 Å². The zero-order valence-corrected chi connectivity index (χ0v) is 20.1. The van der Waals surface area contributed by atoms with E-state index >= 15 is 0 Å². The average Bonchev–Trinajstić information content (AvgIpc) is 3.46. The Bertz CT molecular complexity index is 1110. The van der Waals surface area contributed by atoms with Crippen LogP contribution in [0.5, 0.6) is 0 Å². The number of fused-ring (bicyclic) bond motifs is 1. The Morgan fingerprint density at radius 1 is 1.21 bits per heavy atom. The van der Waals surface area contributed by atoms with Gasteiger partial charge in [0.05, 0.1) is 24.6 Å². The minimum absolute atomic E-state index is 0.187. The van der Waals surface area contributed by atoms with Crippen LogP contribution in [-0.4, -0.2) is 67.8 Å². The number of carbonyl (C=O) groups excluding carboxylic acids is 1. The molecule has 0 aromatic carbocycles. The maximum Gasteiger partial charge on any atom is 0.323 e. The van der Waals surface area contributed by atoms with Gasteiger partial charge in [0.2, 0.25) is 5.95 Å². The van der Waals surface area contributed by atoms with Gasteiger partial charge in [-0.2, -0.15) is 0 Å². The first-order valence-corrected chi connectivity index (χ1v) is 12.7. The Hall–Kier alpha value is -2.69. The molecule has 1 saturated heterocycles. The van der Waals surface area contributed by atoms with Crippen LogP contribution >= 0.6 is 11.3 Å². The van der Waals surface area contributed by atoms with Crippen LogP contribution in [-0.2, 0) is 22.5 Å². The molecule has 2 fully saturated rings. The van der Waals surface area contributed by atoms with E-state index in [9.17, 15) is 9.90 Å². The van der Waals surface area contributed by atoms with Crippen molar-refractivity contribution in [2.75, 3.05) is 19.0 Å². The molecular formula is C24H30N6O3S. The van der Waals surface area contributed by atoms with Crippen LogP contribution in [0, 0.1) is 0 Å². The lowest BCUT2D eigenvalue weighted by Crippen LogP contribution is -2.36. The second kappa shape index (κ2) is 10.3. The van der Waals surface area contributed by atoms with Crippen LogP contribution in [0.1, 0.15) is 54.9 Å². The smallest absolute Gasteiger partial charge is 0.323 e. The van der Waals surface area contributed by atoms with Crippen molar-refractivity contribution < 1.29 is 14.6 Å². The number of hydrogen-bond donors (Lipinski definition) is 2. The van der Waals surface area contributed by atoms with Crippen molar-refractivity contribution in [3.63, 3.8) is 0 Å². The number of nitrogens with one attached hydrogen (secondary N) is 1. The van der Waals surface area contributed by atoms with Gasteiger partial charge in [-0.15, -0.1) is 0 Å². The number of carbonyl (C=O) groups is 1. The summed E-state index contributed by atoms with van der Waals surface area (Å²) in [7, 11) is 1.44. The standard InChI is InChI=1S/C24H30N6O3S/c1-33-23(32)20-5-3-11-30(20)14-17-12-16(13-21-29-19-4-2-10-25-22(19)34-21)27-24(28-17)26-15-6-8-18(31)9-7-15/h2,4,10,12,15,18,20,31H,3,5-9,11,13-14H2,1H3,(H,26,27,28)/t15?,18?,20-/m0/s1. The lowest BCUT2D eigenvalue weighted by molar-refractivity contribution is -0.146. The molecule has 0 radical (unpaired) electrons. The molecular weight excluding hydrogens is 452 g/mol. The quantitative estimate of drug-likeness (QED) is 0.491. The molecule has 1 saturated carbocycles. The Labute approximate surface area is 202 Å². The van der Waals surface area contributed by atoms with Gasteiger partial charge in [-0.25, -0.2) is 19.9 Å². The molecule has 0 bridgehead atoms. The monoisotopic (exact) mass is 482 g/mol. The summed E-state index contributed by atoms with van der Waals surface area (Å²) in [5.74, 6) is 0.412. The summed E-state index contributed by atoms with van der Waals surface area (Å²) in [6.45, 7) is 1.40. The summed E-state index contributed by atoms with van der Waals surface area (Å²) in [5, 5.41) is 14.3. The van der Waals surface area contributed by atoms with Crippen molar-refractivity contribution in [1.29, 1.82) is 0 Å². The predicted molar refractivity (Wildman–Crippen MR) is 130 cm³/mol. The van der Waals surface area contributed by atoms with E-state index in [-0.39, 0.29) is 24.2 Å².